The first-order chi connectivity index (χ1) is 8.50. The van der Waals surface area contributed by atoms with Crippen molar-refractivity contribution in [3.05, 3.63) is 34.9 Å². The van der Waals surface area contributed by atoms with Crippen molar-refractivity contribution in [1.82, 2.24) is 0 Å². The van der Waals surface area contributed by atoms with Gasteiger partial charge in [0.15, 0.2) is 0 Å². The van der Waals surface area contributed by atoms with Crippen molar-refractivity contribution in [3.8, 4) is 0 Å². The number of rotatable bonds is 7. The van der Waals surface area contributed by atoms with Crippen LogP contribution in [0.2, 0.25) is 0 Å². The van der Waals surface area contributed by atoms with Gasteiger partial charge in [-0.05, 0) is 43.7 Å². The van der Waals surface area contributed by atoms with Crippen LogP contribution in [-0.2, 0) is 4.74 Å². The Bertz CT molecular complexity index is 360. The van der Waals surface area contributed by atoms with Gasteiger partial charge in [-0.15, -0.1) is 0 Å². The van der Waals surface area contributed by atoms with E-state index in [1.807, 2.05) is 0 Å². The Morgan fingerprint density at radius 1 is 1.22 bits per heavy atom. The molecular formula is C16H27NO. The average molecular weight is 249 g/mol. The van der Waals surface area contributed by atoms with Gasteiger partial charge in [-0.25, -0.2) is 0 Å². The minimum absolute atomic E-state index is 0.0102. The molecule has 1 aromatic carbocycles. The number of nitrogens with two attached hydrogens (primary N) is 1. The number of aryl methyl sites for hydroxylation is 2. The molecule has 1 unspecified atom stereocenters. The highest BCUT2D eigenvalue weighted by atomic mass is 16.5. The van der Waals surface area contributed by atoms with Crippen molar-refractivity contribution in [3.63, 3.8) is 0 Å². The van der Waals surface area contributed by atoms with Crippen LogP contribution in [0.5, 0.6) is 0 Å². The molecule has 0 spiro atoms. The number of hydrogen-bond acceptors (Lipinski definition) is 2. The van der Waals surface area contributed by atoms with E-state index in [1.54, 1.807) is 0 Å². The first kappa shape index (κ1) is 15.2. The van der Waals surface area contributed by atoms with Crippen LogP contribution in [0, 0.1) is 19.8 Å². The van der Waals surface area contributed by atoms with Crippen molar-refractivity contribution in [2.45, 2.75) is 46.6 Å². The number of hydrogen-bond donors (Lipinski definition) is 1. The summed E-state index contributed by atoms with van der Waals surface area (Å²) in [5.41, 5.74) is 9.89. The van der Waals surface area contributed by atoms with E-state index in [4.69, 9.17) is 10.5 Å². The minimum Gasteiger partial charge on any atom is -0.379 e. The van der Waals surface area contributed by atoms with Gasteiger partial charge in [-0.3, -0.25) is 0 Å². The largest absolute Gasteiger partial charge is 0.379 e. The lowest BCUT2D eigenvalue weighted by molar-refractivity contribution is 0.115. The zero-order valence-electron chi connectivity index (χ0n) is 12.2. The van der Waals surface area contributed by atoms with Gasteiger partial charge in [0.1, 0.15) is 0 Å². The molecule has 102 valence electrons. The lowest BCUT2D eigenvalue weighted by atomic mass is 10.00. The molecule has 18 heavy (non-hydrogen) atoms. The molecule has 1 aromatic rings. The molecular weight excluding hydrogens is 222 g/mol. The highest BCUT2D eigenvalue weighted by Crippen LogP contribution is 2.17. The minimum atomic E-state index is -0.0102. The van der Waals surface area contributed by atoms with E-state index < -0.39 is 0 Å². The van der Waals surface area contributed by atoms with E-state index in [9.17, 15) is 0 Å². The first-order valence-corrected chi connectivity index (χ1v) is 6.91. The second kappa shape index (κ2) is 7.55. The van der Waals surface area contributed by atoms with Crippen molar-refractivity contribution in [2.24, 2.45) is 11.7 Å². The third-order valence-corrected chi connectivity index (χ3v) is 3.20. The van der Waals surface area contributed by atoms with Gasteiger partial charge in [0.25, 0.3) is 0 Å². The summed E-state index contributed by atoms with van der Waals surface area (Å²) in [6.07, 6.45) is 2.34. The topological polar surface area (TPSA) is 35.2 Å². The molecule has 0 aliphatic carbocycles. The zero-order chi connectivity index (χ0) is 13.5. The molecule has 0 heterocycles. The molecule has 0 aromatic heterocycles. The fraction of sp³-hybridized carbons (Fsp3) is 0.625. The van der Waals surface area contributed by atoms with Crippen LogP contribution in [0.1, 0.15) is 49.4 Å². The summed E-state index contributed by atoms with van der Waals surface area (Å²) in [6, 6.07) is 6.40. The Morgan fingerprint density at radius 2 is 1.94 bits per heavy atom. The molecule has 0 radical (unpaired) electrons. The third kappa shape index (κ3) is 5.19. The molecule has 0 saturated carbocycles. The fourth-order valence-electron chi connectivity index (χ4n) is 2.05. The van der Waals surface area contributed by atoms with Gasteiger partial charge in [-0.2, -0.15) is 0 Å². The average Bonchev–Trinajstić information content (AvgIpc) is 2.31. The molecule has 2 heteroatoms. The predicted molar refractivity (Wildman–Crippen MR) is 77.7 cm³/mol. The summed E-state index contributed by atoms with van der Waals surface area (Å²) in [5, 5.41) is 0. The molecule has 0 amide bonds. The molecule has 1 rings (SSSR count). The van der Waals surface area contributed by atoms with Crippen LogP contribution < -0.4 is 5.73 Å². The molecule has 0 fully saturated rings. The Labute approximate surface area is 112 Å². The van der Waals surface area contributed by atoms with Crippen LogP contribution in [0.25, 0.3) is 0 Å². The van der Waals surface area contributed by atoms with Crippen molar-refractivity contribution in [2.75, 3.05) is 13.2 Å². The van der Waals surface area contributed by atoms with E-state index in [0.717, 1.165) is 18.9 Å². The first-order valence-electron chi connectivity index (χ1n) is 6.91. The standard InChI is InChI=1S/C16H27NO/c1-12(2)6-5-9-18-11-16(17)15-10-13(3)7-8-14(15)4/h7-8,10,12,16H,5-6,9,11,17H2,1-4H3. The molecule has 0 aliphatic rings. The van der Waals surface area contributed by atoms with E-state index in [-0.39, 0.29) is 6.04 Å². The predicted octanol–water partition coefficient (Wildman–Crippen LogP) is 3.76. The quantitative estimate of drug-likeness (QED) is 0.747. The zero-order valence-corrected chi connectivity index (χ0v) is 12.2. The van der Waals surface area contributed by atoms with Crippen LogP contribution in [0.15, 0.2) is 18.2 Å². The Balaban J connectivity index is 2.36. The maximum absolute atomic E-state index is 6.18. The fourth-order valence-corrected chi connectivity index (χ4v) is 2.05. The van der Waals surface area contributed by atoms with E-state index in [1.165, 1.54) is 23.1 Å². The monoisotopic (exact) mass is 249 g/mol. The molecule has 1 atom stereocenters. The molecule has 0 bridgehead atoms. The SMILES string of the molecule is Cc1ccc(C)c(C(N)COCCCC(C)C)c1. The van der Waals surface area contributed by atoms with Gasteiger partial charge in [0.05, 0.1) is 12.6 Å². The number of benzene rings is 1. The summed E-state index contributed by atoms with van der Waals surface area (Å²) in [7, 11) is 0. The second-order valence-corrected chi connectivity index (χ2v) is 5.58. The van der Waals surface area contributed by atoms with Gasteiger partial charge >= 0.3 is 0 Å². The summed E-state index contributed by atoms with van der Waals surface area (Å²) in [4.78, 5) is 0. The summed E-state index contributed by atoms with van der Waals surface area (Å²) < 4.78 is 5.67. The lowest BCUT2D eigenvalue weighted by Crippen LogP contribution is -2.18. The van der Waals surface area contributed by atoms with Crippen molar-refractivity contribution >= 4 is 0 Å². The summed E-state index contributed by atoms with van der Waals surface area (Å²) in [5.74, 6) is 0.751. The van der Waals surface area contributed by atoms with Gasteiger partial charge in [0.2, 0.25) is 0 Å². The smallest absolute Gasteiger partial charge is 0.0659 e. The van der Waals surface area contributed by atoms with E-state index >= 15 is 0 Å². The molecule has 2 N–H and O–H groups in total. The van der Waals surface area contributed by atoms with Gasteiger partial charge in [-0.1, -0.05) is 37.6 Å². The highest BCUT2D eigenvalue weighted by Gasteiger charge is 2.09. The normalized spacial score (nSPS) is 13.0. The second-order valence-electron chi connectivity index (χ2n) is 5.58. The third-order valence-electron chi connectivity index (χ3n) is 3.20. The maximum Gasteiger partial charge on any atom is 0.0659 e. The number of ether oxygens (including phenoxy) is 1. The highest BCUT2D eigenvalue weighted by molar-refractivity contribution is 5.32. The van der Waals surface area contributed by atoms with Crippen LogP contribution in [0.3, 0.4) is 0 Å². The lowest BCUT2D eigenvalue weighted by Gasteiger charge is -2.16. The van der Waals surface area contributed by atoms with E-state index in [0.29, 0.717) is 6.61 Å². The summed E-state index contributed by atoms with van der Waals surface area (Å²) >= 11 is 0. The Kier molecular flexibility index (Phi) is 6.37. The summed E-state index contributed by atoms with van der Waals surface area (Å²) in [6.45, 7) is 10.1. The van der Waals surface area contributed by atoms with Crippen molar-refractivity contribution < 1.29 is 4.74 Å². The molecule has 2 nitrogen and oxygen atoms in total. The van der Waals surface area contributed by atoms with Crippen LogP contribution in [-0.4, -0.2) is 13.2 Å². The Morgan fingerprint density at radius 3 is 2.61 bits per heavy atom. The Hall–Kier alpha value is -0.860. The van der Waals surface area contributed by atoms with Crippen LogP contribution >= 0.6 is 0 Å². The van der Waals surface area contributed by atoms with Gasteiger partial charge < -0.3 is 10.5 Å². The molecule has 0 aliphatic heterocycles. The maximum atomic E-state index is 6.18. The van der Waals surface area contributed by atoms with E-state index in [2.05, 4.69) is 45.9 Å². The van der Waals surface area contributed by atoms with Crippen molar-refractivity contribution in [1.29, 1.82) is 0 Å². The van der Waals surface area contributed by atoms with Crippen LogP contribution in [0.4, 0.5) is 0 Å². The van der Waals surface area contributed by atoms with Gasteiger partial charge in [0, 0.05) is 6.61 Å². The molecule has 0 saturated heterocycles.